The molecule has 104 valence electrons. The summed E-state index contributed by atoms with van der Waals surface area (Å²) in [7, 11) is 0. The van der Waals surface area contributed by atoms with Crippen LogP contribution in [0.3, 0.4) is 0 Å². The monoisotopic (exact) mass is 268 g/mol. The van der Waals surface area contributed by atoms with Crippen molar-refractivity contribution in [3.63, 3.8) is 0 Å². The van der Waals surface area contributed by atoms with E-state index in [0.29, 0.717) is 12.2 Å². The third-order valence-electron chi connectivity index (χ3n) is 3.58. The third kappa shape index (κ3) is 3.41. The van der Waals surface area contributed by atoms with E-state index in [0.717, 1.165) is 31.7 Å². The molecule has 1 fully saturated rings. The number of nitro groups is 1. The van der Waals surface area contributed by atoms with Gasteiger partial charge in [0, 0.05) is 12.5 Å². The zero-order valence-electron chi connectivity index (χ0n) is 10.5. The number of benzene rings is 1. The molecule has 19 heavy (non-hydrogen) atoms. The van der Waals surface area contributed by atoms with Gasteiger partial charge in [0.2, 0.25) is 0 Å². The van der Waals surface area contributed by atoms with Gasteiger partial charge in [0.25, 0.3) is 5.69 Å². The number of aliphatic hydroxyl groups is 1. The van der Waals surface area contributed by atoms with Crippen molar-refractivity contribution < 1.29 is 14.4 Å². The Hall–Kier alpha value is -1.69. The van der Waals surface area contributed by atoms with E-state index >= 15 is 0 Å². The quantitative estimate of drug-likeness (QED) is 0.650. The Morgan fingerprint density at radius 1 is 1.42 bits per heavy atom. The summed E-state index contributed by atoms with van der Waals surface area (Å²) in [6.07, 6.45) is 3.41. The second-order valence-corrected chi connectivity index (χ2v) is 4.91. The summed E-state index contributed by atoms with van der Waals surface area (Å²) in [5.41, 5.74) is 0.0227. The lowest BCUT2D eigenvalue weighted by Gasteiger charge is -2.27. The van der Waals surface area contributed by atoms with Gasteiger partial charge in [-0.2, -0.15) is 0 Å². The van der Waals surface area contributed by atoms with Crippen LogP contribution in [0.2, 0.25) is 0 Å². The molecular weight excluding hydrogens is 251 g/mol. The normalized spacial score (nSPS) is 23.1. The Morgan fingerprint density at radius 2 is 2.16 bits per heavy atom. The Bertz CT molecular complexity index is 467. The first kappa shape index (κ1) is 13.7. The van der Waals surface area contributed by atoms with Gasteiger partial charge in [-0.1, -0.05) is 12.8 Å². The summed E-state index contributed by atoms with van der Waals surface area (Å²) in [5.74, 6) is -0.534. The topological polar surface area (TPSA) is 75.4 Å². The van der Waals surface area contributed by atoms with Crippen LogP contribution in [0.5, 0.6) is 0 Å². The number of hydrogen-bond donors (Lipinski definition) is 2. The first-order valence-electron chi connectivity index (χ1n) is 6.44. The fraction of sp³-hybridized carbons (Fsp3) is 0.538. The molecule has 2 atom stereocenters. The van der Waals surface area contributed by atoms with Crippen LogP contribution in [0, 0.1) is 21.8 Å². The van der Waals surface area contributed by atoms with E-state index in [1.54, 1.807) is 0 Å². The molecule has 1 aromatic carbocycles. The number of rotatable bonds is 4. The van der Waals surface area contributed by atoms with Gasteiger partial charge >= 0.3 is 0 Å². The van der Waals surface area contributed by atoms with Crippen LogP contribution in [0.1, 0.15) is 25.7 Å². The fourth-order valence-corrected chi connectivity index (χ4v) is 2.47. The minimum Gasteiger partial charge on any atom is -0.393 e. The number of anilines is 1. The van der Waals surface area contributed by atoms with Crippen molar-refractivity contribution >= 4 is 11.4 Å². The standard InChI is InChI=1S/C13H17FN2O3/c14-10-5-6-11(12(7-10)16(18)19)15-8-9-3-1-2-4-13(9)17/h5-7,9,13,15,17H,1-4,8H2. The van der Waals surface area contributed by atoms with Crippen molar-refractivity contribution in [3.05, 3.63) is 34.1 Å². The van der Waals surface area contributed by atoms with E-state index in [2.05, 4.69) is 5.32 Å². The zero-order valence-corrected chi connectivity index (χ0v) is 10.5. The molecule has 5 nitrogen and oxygen atoms in total. The van der Waals surface area contributed by atoms with E-state index < -0.39 is 10.7 Å². The van der Waals surface area contributed by atoms with Crippen LogP contribution in [-0.4, -0.2) is 22.7 Å². The molecule has 2 N–H and O–H groups in total. The number of aliphatic hydroxyl groups excluding tert-OH is 1. The lowest BCUT2D eigenvalue weighted by molar-refractivity contribution is -0.384. The minimum atomic E-state index is -0.630. The summed E-state index contributed by atoms with van der Waals surface area (Å²) in [6.45, 7) is 0.466. The highest BCUT2D eigenvalue weighted by Crippen LogP contribution is 2.28. The van der Waals surface area contributed by atoms with E-state index in [-0.39, 0.29) is 17.7 Å². The van der Waals surface area contributed by atoms with Gasteiger partial charge in [-0.25, -0.2) is 4.39 Å². The fourth-order valence-electron chi connectivity index (χ4n) is 2.47. The van der Waals surface area contributed by atoms with Gasteiger partial charge in [0.05, 0.1) is 17.1 Å². The summed E-state index contributed by atoms with van der Waals surface area (Å²) in [4.78, 5) is 10.2. The molecule has 1 saturated carbocycles. The highest BCUT2D eigenvalue weighted by molar-refractivity contribution is 5.61. The average Bonchev–Trinajstić information content (AvgIpc) is 2.38. The number of halogens is 1. The molecule has 0 radical (unpaired) electrons. The molecule has 1 aliphatic rings. The lowest BCUT2D eigenvalue weighted by Crippen LogP contribution is -2.30. The Labute approximate surface area is 110 Å². The third-order valence-corrected chi connectivity index (χ3v) is 3.58. The van der Waals surface area contributed by atoms with Crippen molar-refractivity contribution in [1.29, 1.82) is 0 Å². The van der Waals surface area contributed by atoms with Crippen LogP contribution >= 0.6 is 0 Å². The van der Waals surface area contributed by atoms with E-state index in [9.17, 15) is 19.6 Å². The summed E-state index contributed by atoms with van der Waals surface area (Å²) in [5, 5.41) is 23.6. The number of nitrogens with zero attached hydrogens (tertiary/aromatic N) is 1. The maximum atomic E-state index is 13.0. The molecule has 6 heteroatoms. The van der Waals surface area contributed by atoms with Gasteiger partial charge in [-0.05, 0) is 25.0 Å². The molecule has 0 aromatic heterocycles. The summed E-state index contributed by atoms with van der Waals surface area (Å²) < 4.78 is 13.0. The molecule has 0 amide bonds. The van der Waals surface area contributed by atoms with E-state index in [4.69, 9.17) is 0 Å². The van der Waals surface area contributed by atoms with Crippen LogP contribution < -0.4 is 5.32 Å². The smallest absolute Gasteiger partial charge is 0.295 e. The van der Waals surface area contributed by atoms with Gasteiger partial charge < -0.3 is 10.4 Å². The summed E-state index contributed by atoms with van der Waals surface area (Å²) in [6, 6.07) is 3.45. The molecule has 1 aromatic rings. The maximum Gasteiger partial charge on any atom is 0.295 e. The molecule has 0 aliphatic heterocycles. The van der Waals surface area contributed by atoms with Crippen molar-refractivity contribution in [2.24, 2.45) is 5.92 Å². The second-order valence-electron chi connectivity index (χ2n) is 4.91. The second kappa shape index (κ2) is 5.97. The van der Waals surface area contributed by atoms with Crippen molar-refractivity contribution in [1.82, 2.24) is 0 Å². The minimum absolute atomic E-state index is 0.0957. The van der Waals surface area contributed by atoms with Crippen LogP contribution in [0.25, 0.3) is 0 Å². The van der Waals surface area contributed by atoms with Crippen molar-refractivity contribution in [3.8, 4) is 0 Å². The van der Waals surface area contributed by atoms with Crippen molar-refractivity contribution in [2.75, 3.05) is 11.9 Å². The first-order chi connectivity index (χ1) is 9.08. The Morgan fingerprint density at radius 3 is 2.84 bits per heavy atom. The number of nitro benzene ring substituents is 1. The van der Waals surface area contributed by atoms with E-state index in [1.165, 1.54) is 12.1 Å². The van der Waals surface area contributed by atoms with E-state index in [1.807, 2.05) is 0 Å². The molecule has 0 bridgehead atoms. The molecule has 2 rings (SSSR count). The van der Waals surface area contributed by atoms with Crippen molar-refractivity contribution in [2.45, 2.75) is 31.8 Å². The SMILES string of the molecule is O=[N+]([O-])c1cc(F)ccc1NCC1CCCCC1O. The predicted octanol–water partition coefficient (Wildman–Crippen LogP) is 2.70. The Balaban J connectivity index is 2.04. The van der Waals surface area contributed by atoms with Crippen LogP contribution in [-0.2, 0) is 0 Å². The van der Waals surface area contributed by atoms with Gasteiger partial charge in [-0.3, -0.25) is 10.1 Å². The predicted molar refractivity (Wildman–Crippen MR) is 69.5 cm³/mol. The zero-order chi connectivity index (χ0) is 13.8. The van der Waals surface area contributed by atoms with Crippen LogP contribution in [0.4, 0.5) is 15.8 Å². The highest BCUT2D eigenvalue weighted by Gasteiger charge is 2.24. The first-order valence-corrected chi connectivity index (χ1v) is 6.44. The van der Waals surface area contributed by atoms with Gasteiger partial charge in [-0.15, -0.1) is 0 Å². The molecule has 0 spiro atoms. The molecule has 0 heterocycles. The van der Waals surface area contributed by atoms with Crippen LogP contribution in [0.15, 0.2) is 18.2 Å². The number of nitrogens with one attached hydrogen (secondary N) is 1. The van der Waals surface area contributed by atoms with Gasteiger partial charge in [0.1, 0.15) is 11.5 Å². The molecule has 0 saturated heterocycles. The maximum absolute atomic E-state index is 13.0. The average molecular weight is 268 g/mol. The summed E-state index contributed by atoms with van der Waals surface area (Å²) >= 11 is 0. The van der Waals surface area contributed by atoms with Gasteiger partial charge in [0.15, 0.2) is 0 Å². The number of hydrogen-bond acceptors (Lipinski definition) is 4. The highest BCUT2D eigenvalue weighted by atomic mass is 19.1. The largest absolute Gasteiger partial charge is 0.393 e. The molecular formula is C13H17FN2O3. The molecule has 1 aliphatic carbocycles. The Kier molecular flexibility index (Phi) is 4.31. The lowest BCUT2D eigenvalue weighted by atomic mass is 9.86. The molecule has 2 unspecified atom stereocenters.